The highest BCUT2D eigenvalue weighted by Gasteiger charge is 2.20. The van der Waals surface area contributed by atoms with Crippen LogP contribution in [0.15, 0.2) is 53.3 Å². The molecule has 0 unspecified atom stereocenters. The number of hydrogen-bond donors (Lipinski definition) is 0. The van der Waals surface area contributed by atoms with Gasteiger partial charge in [-0.25, -0.2) is 13.8 Å². The number of nitrogens with zero attached hydrogens (tertiary/aromatic N) is 2. The van der Waals surface area contributed by atoms with E-state index >= 15 is 0 Å². The first-order valence-corrected chi connectivity index (χ1v) is 7.26. The number of Topliss-reactive ketones (excluding diaryl/α,β-unsaturated/α-hetero) is 1. The van der Waals surface area contributed by atoms with Gasteiger partial charge in [0.05, 0.1) is 7.05 Å². The maximum Gasteiger partial charge on any atom is 0.345 e. The maximum atomic E-state index is 13.0. The van der Waals surface area contributed by atoms with Gasteiger partial charge in [-0.2, -0.15) is 4.57 Å². The summed E-state index contributed by atoms with van der Waals surface area (Å²) in [6, 6.07) is 12.7. The van der Waals surface area contributed by atoms with Crippen LogP contribution in [0, 0.1) is 12.7 Å². The van der Waals surface area contributed by atoms with Gasteiger partial charge in [-0.15, -0.1) is 0 Å². The quantitative estimate of drug-likeness (QED) is 0.549. The Kier molecular flexibility index (Phi) is 3.78. The summed E-state index contributed by atoms with van der Waals surface area (Å²) in [6.07, 6.45) is 0. The SMILES string of the molecule is Cc1n(C)c(=O)c2ccccc2[n+]1CC(=O)c1ccc(F)cc1. The zero-order valence-corrected chi connectivity index (χ0v) is 12.9. The lowest BCUT2D eigenvalue weighted by Crippen LogP contribution is -2.47. The monoisotopic (exact) mass is 311 g/mol. The summed E-state index contributed by atoms with van der Waals surface area (Å²) in [7, 11) is 1.68. The molecule has 0 fully saturated rings. The van der Waals surface area contributed by atoms with Crippen molar-refractivity contribution in [2.75, 3.05) is 0 Å². The van der Waals surface area contributed by atoms with E-state index in [0.29, 0.717) is 22.3 Å². The van der Waals surface area contributed by atoms with Gasteiger partial charge in [0.2, 0.25) is 5.78 Å². The molecule has 0 radical (unpaired) electrons. The van der Waals surface area contributed by atoms with Gasteiger partial charge in [0.1, 0.15) is 16.7 Å². The molecule has 0 bridgehead atoms. The average Bonchev–Trinajstić information content (AvgIpc) is 2.57. The number of rotatable bonds is 3. The number of para-hydroxylation sites is 1. The fraction of sp³-hybridized carbons (Fsp3) is 0.167. The van der Waals surface area contributed by atoms with E-state index in [2.05, 4.69) is 0 Å². The molecule has 0 aliphatic carbocycles. The van der Waals surface area contributed by atoms with E-state index in [4.69, 9.17) is 0 Å². The van der Waals surface area contributed by atoms with Crippen LogP contribution in [-0.2, 0) is 13.6 Å². The van der Waals surface area contributed by atoms with Gasteiger partial charge >= 0.3 is 5.56 Å². The minimum absolute atomic E-state index is 0.0894. The lowest BCUT2D eigenvalue weighted by molar-refractivity contribution is -0.668. The molecule has 0 saturated carbocycles. The first-order valence-electron chi connectivity index (χ1n) is 7.26. The number of ketones is 1. The minimum atomic E-state index is -0.377. The molecule has 5 heteroatoms. The third-order valence-corrected chi connectivity index (χ3v) is 4.07. The second kappa shape index (κ2) is 5.76. The predicted octanol–water partition coefficient (Wildman–Crippen LogP) is 2.16. The Morgan fingerprint density at radius 2 is 1.78 bits per heavy atom. The molecule has 0 atom stereocenters. The summed E-state index contributed by atoms with van der Waals surface area (Å²) in [5.41, 5.74) is 1.06. The molecule has 4 nitrogen and oxygen atoms in total. The van der Waals surface area contributed by atoms with Crippen molar-refractivity contribution in [3.05, 3.63) is 76.1 Å². The molecule has 0 saturated heterocycles. The van der Waals surface area contributed by atoms with Crippen molar-refractivity contribution in [2.45, 2.75) is 13.5 Å². The van der Waals surface area contributed by atoms with Gasteiger partial charge < -0.3 is 0 Å². The fourth-order valence-corrected chi connectivity index (χ4v) is 2.64. The Hall–Kier alpha value is -2.82. The lowest BCUT2D eigenvalue weighted by Gasteiger charge is -2.09. The van der Waals surface area contributed by atoms with Crippen molar-refractivity contribution in [2.24, 2.45) is 7.05 Å². The van der Waals surface area contributed by atoms with Crippen molar-refractivity contribution < 1.29 is 13.8 Å². The minimum Gasteiger partial charge on any atom is -0.290 e. The second-order valence-corrected chi connectivity index (χ2v) is 5.44. The fourth-order valence-electron chi connectivity index (χ4n) is 2.64. The van der Waals surface area contributed by atoms with Crippen molar-refractivity contribution in [3.8, 4) is 0 Å². The molecule has 0 aliphatic rings. The van der Waals surface area contributed by atoms with E-state index in [1.54, 1.807) is 26.1 Å². The van der Waals surface area contributed by atoms with Gasteiger partial charge in [0.25, 0.3) is 5.82 Å². The van der Waals surface area contributed by atoms with Crippen LogP contribution in [0.5, 0.6) is 0 Å². The van der Waals surface area contributed by atoms with Crippen LogP contribution in [0.4, 0.5) is 4.39 Å². The van der Waals surface area contributed by atoms with Crippen LogP contribution in [0.3, 0.4) is 0 Å². The molecule has 0 amide bonds. The standard InChI is InChI=1S/C18H16FN2O2/c1-12-20(2)18(23)15-5-3-4-6-16(15)21(12)11-17(22)13-7-9-14(19)10-8-13/h3-10H,11H2,1-2H3/q+1. The van der Waals surface area contributed by atoms with E-state index in [1.807, 2.05) is 16.7 Å². The van der Waals surface area contributed by atoms with Gasteiger partial charge in [0, 0.05) is 12.5 Å². The zero-order chi connectivity index (χ0) is 16.6. The van der Waals surface area contributed by atoms with Gasteiger partial charge in [0.15, 0.2) is 6.54 Å². The number of halogens is 1. The van der Waals surface area contributed by atoms with E-state index in [-0.39, 0.29) is 23.7 Å². The van der Waals surface area contributed by atoms with Crippen molar-refractivity contribution >= 4 is 16.7 Å². The molecule has 0 spiro atoms. The van der Waals surface area contributed by atoms with Crippen LogP contribution in [0.2, 0.25) is 0 Å². The molecule has 1 heterocycles. The number of fused-ring (bicyclic) bond motifs is 1. The third kappa shape index (κ3) is 2.65. The summed E-state index contributed by atoms with van der Waals surface area (Å²) >= 11 is 0. The first-order chi connectivity index (χ1) is 11.0. The van der Waals surface area contributed by atoms with Crippen LogP contribution in [0.1, 0.15) is 16.2 Å². The molecule has 1 aromatic heterocycles. The van der Waals surface area contributed by atoms with Gasteiger partial charge in [-0.1, -0.05) is 12.1 Å². The van der Waals surface area contributed by atoms with Crippen LogP contribution in [0.25, 0.3) is 10.9 Å². The molecule has 3 aromatic rings. The average molecular weight is 311 g/mol. The number of hydrogen-bond acceptors (Lipinski definition) is 2. The molecule has 2 aromatic carbocycles. The molecule has 0 N–H and O–H groups in total. The van der Waals surface area contributed by atoms with Crippen molar-refractivity contribution in [1.82, 2.24) is 4.57 Å². The van der Waals surface area contributed by atoms with Crippen molar-refractivity contribution in [1.29, 1.82) is 0 Å². The van der Waals surface area contributed by atoms with E-state index < -0.39 is 0 Å². The molecular weight excluding hydrogens is 295 g/mol. The van der Waals surface area contributed by atoms with E-state index in [1.165, 1.54) is 28.8 Å². The molecule has 116 valence electrons. The summed E-state index contributed by atoms with van der Waals surface area (Å²) in [4.78, 5) is 24.8. The Bertz CT molecular complexity index is 959. The predicted molar refractivity (Wildman–Crippen MR) is 84.9 cm³/mol. The number of benzene rings is 2. The van der Waals surface area contributed by atoms with E-state index in [9.17, 15) is 14.0 Å². The third-order valence-electron chi connectivity index (χ3n) is 4.07. The molecule has 3 rings (SSSR count). The Labute approximate surface area is 132 Å². The highest BCUT2D eigenvalue weighted by Crippen LogP contribution is 2.08. The molecule has 0 aliphatic heterocycles. The Morgan fingerprint density at radius 3 is 2.48 bits per heavy atom. The Balaban J connectivity index is 2.11. The van der Waals surface area contributed by atoms with Gasteiger partial charge in [-0.05, 0) is 36.4 Å². The summed E-state index contributed by atoms with van der Waals surface area (Å²) in [5, 5.41) is 0.563. The van der Waals surface area contributed by atoms with Crippen LogP contribution >= 0.6 is 0 Å². The number of carbonyl (C=O) groups excluding carboxylic acids is 1. The number of aromatic nitrogens is 2. The zero-order valence-electron chi connectivity index (χ0n) is 12.9. The Morgan fingerprint density at radius 1 is 1.13 bits per heavy atom. The second-order valence-electron chi connectivity index (χ2n) is 5.44. The highest BCUT2D eigenvalue weighted by atomic mass is 19.1. The highest BCUT2D eigenvalue weighted by molar-refractivity contribution is 5.95. The largest absolute Gasteiger partial charge is 0.345 e. The topological polar surface area (TPSA) is 43.0 Å². The normalized spacial score (nSPS) is 10.9. The van der Waals surface area contributed by atoms with Crippen molar-refractivity contribution in [3.63, 3.8) is 0 Å². The lowest BCUT2D eigenvalue weighted by atomic mass is 10.1. The smallest absolute Gasteiger partial charge is 0.290 e. The summed E-state index contributed by atoms with van der Waals surface area (Å²) < 4.78 is 16.3. The van der Waals surface area contributed by atoms with Crippen LogP contribution < -0.4 is 10.1 Å². The summed E-state index contributed by atoms with van der Waals surface area (Å²) in [5.74, 6) is 0.170. The summed E-state index contributed by atoms with van der Waals surface area (Å²) in [6.45, 7) is 1.89. The first kappa shape index (κ1) is 15.1. The molecular formula is C18H16FN2O2+. The maximum absolute atomic E-state index is 13.0. The van der Waals surface area contributed by atoms with E-state index in [0.717, 1.165) is 0 Å². The van der Waals surface area contributed by atoms with Crippen LogP contribution in [-0.4, -0.2) is 10.4 Å². The number of carbonyl (C=O) groups is 1. The van der Waals surface area contributed by atoms with Gasteiger partial charge in [-0.3, -0.25) is 4.79 Å². The molecule has 23 heavy (non-hydrogen) atoms.